The maximum atomic E-state index is 5.76. The number of hydrogen-bond acceptors (Lipinski definition) is 5. The minimum Gasteiger partial charge on any atom is -0.402 e. The third-order valence-electron chi connectivity index (χ3n) is 4.70. The zero-order chi connectivity index (χ0) is 18.8. The highest BCUT2D eigenvalue weighted by atomic mass is 15.2. The van der Waals surface area contributed by atoms with Gasteiger partial charge in [-0.3, -0.25) is 4.99 Å². The maximum absolute atomic E-state index is 5.76. The fraction of sp³-hybridized carbons (Fsp3) is 0.250. The number of hydrogen-bond donors (Lipinski definition) is 4. The molecule has 2 heterocycles. The van der Waals surface area contributed by atoms with E-state index < -0.39 is 0 Å². The third kappa shape index (κ3) is 3.48. The van der Waals surface area contributed by atoms with E-state index in [-0.39, 0.29) is 6.04 Å². The Balaban J connectivity index is 1.67. The van der Waals surface area contributed by atoms with Crippen molar-refractivity contribution in [3.63, 3.8) is 0 Å². The molecule has 7 nitrogen and oxygen atoms in total. The molecule has 1 aliphatic rings. The summed E-state index contributed by atoms with van der Waals surface area (Å²) in [5.41, 5.74) is 9.93. The van der Waals surface area contributed by atoms with E-state index in [1.54, 1.807) is 13.1 Å². The first-order chi connectivity index (χ1) is 13.1. The van der Waals surface area contributed by atoms with Crippen LogP contribution in [-0.4, -0.2) is 27.8 Å². The molecule has 2 aromatic heterocycles. The van der Waals surface area contributed by atoms with E-state index in [1.807, 2.05) is 19.2 Å². The molecule has 0 fully saturated rings. The van der Waals surface area contributed by atoms with Gasteiger partial charge in [0.25, 0.3) is 0 Å². The number of aromatic amines is 1. The van der Waals surface area contributed by atoms with Gasteiger partial charge < -0.3 is 21.4 Å². The Bertz CT molecular complexity index is 1030. The number of amidine groups is 1. The lowest BCUT2D eigenvalue weighted by molar-refractivity contribution is 0.758. The molecule has 138 valence electrons. The van der Waals surface area contributed by atoms with Crippen molar-refractivity contribution in [2.24, 2.45) is 10.7 Å². The second-order valence-electron chi connectivity index (χ2n) is 6.69. The van der Waals surface area contributed by atoms with Crippen LogP contribution in [0.15, 0.2) is 53.3 Å². The number of nitrogens with zero attached hydrogens (tertiary/aromatic N) is 3. The molecule has 27 heavy (non-hydrogen) atoms. The van der Waals surface area contributed by atoms with Gasteiger partial charge in [0.2, 0.25) is 5.95 Å². The van der Waals surface area contributed by atoms with Crippen LogP contribution in [0.4, 0.5) is 11.8 Å². The van der Waals surface area contributed by atoms with Crippen molar-refractivity contribution in [2.75, 3.05) is 17.7 Å². The zero-order valence-corrected chi connectivity index (χ0v) is 15.5. The molecule has 0 unspecified atom stereocenters. The van der Waals surface area contributed by atoms with Crippen molar-refractivity contribution in [2.45, 2.75) is 25.8 Å². The van der Waals surface area contributed by atoms with Crippen LogP contribution in [-0.2, 0) is 6.42 Å². The SMILES string of the molecule is CN=C(C=C(C)N)Nc1nc(N[C@H]2CCc3ccccc32)c2cc[nH]c2n1. The number of nitrogens with two attached hydrogens (primary N) is 1. The standard InChI is InChI=1S/C20H23N7/c1-12(21)11-17(22-2)25-20-26-18-15(9-10-23-18)19(27-20)24-16-8-7-13-5-3-4-6-14(13)16/h3-6,9-11,16H,7-8,21H2,1-2H3,(H3,22,23,24,25,26,27)/t16-/m0/s1. The second-order valence-corrected chi connectivity index (χ2v) is 6.69. The molecule has 4 rings (SSSR count). The fourth-order valence-corrected chi connectivity index (χ4v) is 3.47. The van der Waals surface area contributed by atoms with Crippen molar-refractivity contribution in [1.29, 1.82) is 0 Å². The van der Waals surface area contributed by atoms with Crippen LogP contribution in [0.5, 0.6) is 0 Å². The van der Waals surface area contributed by atoms with Gasteiger partial charge >= 0.3 is 0 Å². The second kappa shape index (κ2) is 7.11. The summed E-state index contributed by atoms with van der Waals surface area (Å²) in [6.07, 6.45) is 5.75. The van der Waals surface area contributed by atoms with E-state index in [0.29, 0.717) is 17.5 Å². The Morgan fingerprint density at radius 2 is 2.15 bits per heavy atom. The first-order valence-corrected chi connectivity index (χ1v) is 9.01. The molecule has 0 radical (unpaired) electrons. The summed E-state index contributed by atoms with van der Waals surface area (Å²) < 4.78 is 0. The first kappa shape index (κ1) is 17.1. The van der Waals surface area contributed by atoms with E-state index >= 15 is 0 Å². The predicted octanol–water partition coefficient (Wildman–Crippen LogP) is 3.36. The topological polar surface area (TPSA) is 104 Å². The minimum absolute atomic E-state index is 0.243. The molecule has 7 heteroatoms. The van der Waals surface area contributed by atoms with Gasteiger partial charge in [-0.05, 0) is 43.0 Å². The number of benzene rings is 1. The molecular weight excluding hydrogens is 338 g/mol. The van der Waals surface area contributed by atoms with Crippen LogP contribution in [0.2, 0.25) is 0 Å². The van der Waals surface area contributed by atoms with Crippen molar-refractivity contribution in [3.8, 4) is 0 Å². The van der Waals surface area contributed by atoms with Crippen LogP contribution in [0.1, 0.15) is 30.5 Å². The molecule has 0 saturated heterocycles. The number of aliphatic imine (C=N–C) groups is 1. The molecule has 5 N–H and O–H groups in total. The van der Waals surface area contributed by atoms with E-state index in [4.69, 9.17) is 10.7 Å². The average Bonchev–Trinajstić information content (AvgIpc) is 3.28. The van der Waals surface area contributed by atoms with Gasteiger partial charge in [-0.25, -0.2) is 0 Å². The average molecular weight is 361 g/mol. The maximum Gasteiger partial charge on any atom is 0.232 e. The molecule has 0 aliphatic heterocycles. The highest BCUT2D eigenvalue weighted by molar-refractivity contribution is 6.03. The van der Waals surface area contributed by atoms with Crippen molar-refractivity contribution in [1.82, 2.24) is 15.0 Å². The van der Waals surface area contributed by atoms with Crippen LogP contribution in [0, 0.1) is 0 Å². The lowest BCUT2D eigenvalue weighted by atomic mass is 10.1. The van der Waals surface area contributed by atoms with Gasteiger partial charge in [0.15, 0.2) is 0 Å². The summed E-state index contributed by atoms with van der Waals surface area (Å²) in [7, 11) is 1.70. The summed E-state index contributed by atoms with van der Waals surface area (Å²) in [4.78, 5) is 16.6. The minimum atomic E-state index is 0.243. The summed E-state index contributed by atoms with van der Waals surface area (Å²) >= 11 is 0. The molecular formula is C20H23N7. The van der Waals surface area contributed by atoms with Gasteiger partial charge in [-0.1, -0.05) is 24.3 Å². The van der Waals surface area contributed by atoms with Crippen LogP contribution in [0.3, 0.4) is 0 Å². The Morgan fingerprint density at radius 3 is 2.96 bits per heavy atom. The summed E-state index contributed by atoms with van der Waals surface area (Å²) in [6, 6.07) is 10.8. The van der Waals surface area contributed by atoms with Gasteiger partial charge in [0.1, 0.15) is 17.3 Å². The fourth-order valence-electron chi connectivity index (χ4n) is 3.47. The number of H-pyrrole nitrogens is 1. The number of nitrogens with one attached hydrogen (secondary N) is 3. The highest BCUT2D eigenvalue weighted by Gasteiger charge is 2.23. The van der Waals surface area contributed by atoms with Crippen LogP contribution in [0.25, 0.3) is 11.0 Å². The number of fused-ring (bicyclic) bond motifs is 2. The van der Waals surface area contributed by atoms with E-state index in [2.05, 4.69) is 49.9 Å². The number of aromatic nitrogens is 3. The van der Waals surface area contributed by atoms with Gasteiger partial charge in [0.05, 0.1) is 11.4 Å². The van der Waals surface area contributed by atoms with E-state index in [0.717, 1.165) is 29.7 Å². The number of rotatable bonds is 4. The van der Waals surface area contributed by atoms with Crippen LogP contribution >= 0.6 is 0 Å². The van der Waals surface area contributed by atoms with Gasteiger partial charge in [0, 0.05) is 18.9 Å². The normalized spacial score (nSPS) is 17.2. The molecule has 1 aromatic carbocycles. The molecule has 0 spiro atoms. The van der Waals surface area contributed by atoms with E-state index in [1.165, 1.54) is 11.1 Å². The van der Waals surface area contributed by atoms with Crippen molar-refractivity contribution < 1.29 is 0 Å². The zero-order valence-electron chi connectivity index (χ0n) is 15.5. The largest absolute Gasteiger partial charge is 0.402 e. The Labute approximate surface area is 157 Å². The Kier molecular flexibility index (Phi) is 4.50. The molecule has 0 amide bonds. The molecule has 0 saturated carbocycles. The quantitative estimate of drug-likeness (QED) is 0.421. The number of anilines is 2. The summed E-state index contributed by atoms with van der Waals surface area (Å²) in [5, 5.41) is 7.71. The summed E-state index contributed by atoms with van der Waals surface area (Å²) in [5.74, 6) is 1.88. The number of aryl methyl sites for hydroxylation is 1. The van der Waals surface area contributed by atoms with Gasteiger partial charge in [-0.15, -0.1) is 0 Å². The summed E-state index contributed by atoms with van der Waals surface area (Å²) in [6.45, 7) is 1.81. The van der Waals surface area contributed by atoms with Crippen LogP contribution < -0.4 is 16.4 Å². The Hall–Kier alpha value is -3.35. The smallest absolute Gasteiger partial charge is 0.232 e. The molecule has 3 aromatic rings. The van der Waals surface area contributed by atoms with E-state index in [9.17, 15) is 0 Å². The Morgan fingerprint density at radius 1 is 1.30 bits per heavy atom. The third-order valence-corrected chi connectivity index (χ3v) is 4.70. The lowest BCUT2D eigenvalue weighted by Crippen LogP contribution is -2.15. The monoisotopic (exact) mass is 361 g/mol. The molecule has 0 bridgehead atoms. The van der Waals surface area contributed by atoms with Gasteiger partial charge in [-0.2, -0.15) is 9.97 Å². The lowest BCUT2D eigenvalue weighted by Gasteiger charge is -2.16. The highest BCUT2D eigenvalue weighted by Crippen LogP contribution is 2.34. The molecule has 1 atom stereocenters. The number of allylic oxidation sites excluding steroid dienone is 1. The first-order valence-electron chi connectivity index (χ1n) is 9.01. The molecule has 1 aliphatic carbocycles. The van der Waals surface area contributed by atoms with Crippen molar-refractivity contribution in [3.05, 3.63) is 59.4 Å². The van der Waals surface area contributed by atoms with Crippen molar-refractivity contribution >= 4 is 28.6 Å². The predicted molar refractivity (Wildman–Crippen MR) is 110 cm³/mol.